The molecule has 6 heteroatoms. The molecule has 0 spiro atoms. The van der Waals surface area contributed by atoms with Crippen molar-refractivity contribution in [2.24, 2.45) is 5.92 Å². The number of nitrogens with zero attached hydrogens (tertiary/aromatic N) is 2. The topological polar surface area (TPSA) is 64.7 Å². The minimum Gasteiger partial charge on any atom is -0.370 e. The van der Waals surface area contributed by atoms with Crippen molar-refractivity contribution >= 4 is 23.2 Å². The number of carbonyl (C=O) groups excluding carboxylic acids is 2. The van der Waals surface area contributed by atoms with Crippen molar-refractivity contribution in [3.8, 4) is 0 Å². The van der Waals surface area contributed by atoms with Gasteiger partial charge in [-0.3, -0.25) is 14.9 Å². The quantitative estimate of drug-likeness (QED) is 0.789. The van der Waals surface area contributed by atoms with Crippen molar-refractivity contribution in [3.05, 3.63) is 23.8 Å². The predicted molar refractivity (Wildman–Crippen MR) is 93.3 cm³/mol. The maximum absolute atomic E-state index is 12.2. The summed E-state index contributed by atoms with van der Waals surface area (Å²) in [4.78, 5) is 28.2. The van der Waals surface area contributed by atoms with Crippen LogP contribution in [0, 0.1) is 5.92 Å². The Labute approximate surface area is 142 Å². The summed E-state index contributed by atoms with van der Waals surface area (Å²) in [7, 11) is 2.00. The third-order valence-corrected chi connectivity index (χ3v) is 5.42. The number of anilines is 2. The van der Waals surface area contributed by atoms with Gasteiger partial charge in [-0.1, -0.05) is 6.07 Å². The molecule has 0 aromatic heterocycles. The highest BCUT2D eigenvalue weighted by atomic mass is 16.2. The Kier molecular flexibility index (Phi) is 3.92. The first-order valence-electron chi connectivity index (χ1n) is 8.79. The van der Waals surface area contributed by atoms with Crippen LogP contribution in [0.2, 0.25) is 0 Å². The highest BCUT2D eigenvalue weighted by Gasteiger charge is 2.37. The molecule has 1 aromatic carbocycles. The van der Waals surface area contributed by atoms with Gasteiger partial charge in [-0.2, -0.15) is 0 Å². The molecule has 2 amide bonds. The molecule has 2 N–H and O–H groups in total. The van der Waals surface area contributed by atoms with E-state index in [0.717, 1.165) is 38.5 Å². The molecule has 0 radical (unpaired) electrons. The van der Waals surface area contributed by atoms with Crippen molar-refractivity contribution in [1.82, 2.24) is 10.6 Å². The third kappa shape index (κ3) is 2.55. The molecule has 3 heterocycles. The lowest BCUT2D eigenvalue weighted by Crippen LogP contribution is -2.52. The van der Waals surface area contributed by atoms with Gasteiger partial charge in [0.2, 0.25) is 11.8 Å². The van der Waals surface area contributed by atoms with Crippen molar-refractivity contribution in [3.63, 3.8) is 0 Å². The van der Waals surface area contributed by atoms with E-state index in [-0.39, 0.29) is 17.9 Å². The first kappa shape index (κ1) is 15.4. The van der Waals surface area contributed by atoms with Gasteiger partial charge in [0, 0.05) is 55.5 Å². The van der Waals surface area contributed by atoms with E-state index >= 15 is 0 Å². The maximum atomic E-state index is 12.2. The van der Waals surface area contributed by atoms with Crippen LogP contribution in [0.25, 0.3) is 0 Å². The molecule has 2 fully saturated rings. The molecular formula is C18H24N4O2. The summed E-state index contributed by atoms with van der Waals surface area (Å²) < 4.78 is 0. The molecule has 0 saturated carbocycles. The van der Waals surface area contributed by atoms with Crippen LogP contribution in [-0.2, 0) is 16.0 Å². The summed E-state index contributed by atoms with van der Waals surface area (Å²) in [5.41, 5.74) is 3.83. The Morgan fingerprint density at radius 2 is 2.00 bits per heavy atom. The van der Waals surface area contributed by atoms with Gasteiger partial charge in [0.1, 0.15) is 6.04 Å². The second-order valence-electron chi connectivity index (χ2n) is 7.01. The highest BCUT2D eigenvalue weighted by Crippen LogP contribution is 2.39. The number of rotatable bonds is 4. The van der Waals surface area contributed by atoms with Crippen LogP contribution in [-0.4, -0.2) is 51.1 Å². The smallest absolute Gasteiger partial charge is 0.249 e. The first-order valence-corrected chi connectivity index (χ1v) is 8.79. The fourth-order valence-corrected chi connectivity index (χ4v) is 4.22. The van der Waals surface area contributed by atoms with Crippen LogP contribution in [0.3, 0.4) is 0 Å². The molecule has 0 aliphatic carbocycles. The Hall–Kier alpha value is -2.08. The molecule has 24 heavy (non-hydrogen) atoms. The van der Waals surface area contributed by atoms with Gasteiger partial charge >= 0.3 is 0 Å². The minimum absolute atomic E-state index is 0.150. The summed E-state index contributed by atoms with van der Waals surface area (Å²) in [6.07, 6.45) is 2.01. The lowest BCUT2D eigenvalue weighted by molar-refractivity contribution is -0.134. The first-order chi connectivity index (χ1) is 11.7. The van der Waals surface area contributed by atoms with Gasteiger partial charge in [-0.25, -0.2) is 0 Å². The third-order valence-electron chi connectivity index (χ3n) is 5.42. The number of nitrogens with one attached hydrogen (secondary N) is 2. The number of benzene rings is 1. The van der Waals surface area contributed by atoms with E-state index in [0.29, 0.717) is 12.8 Å². The normalized spacial score (nSPS) is 24.0. The molecule has 2 saturated heterocycles. The number of carbonyl (C=O) groups is 2. The molecule has 4 rings (SSSR count). The van der Waals surface area contributed by atoms with E-state index in [1.807, 2.05) is 7.05 Å². The minimum atomic E-state index is -0.215. The largest absolute Gasteiger partial charge is 0.370 e. The van der Waals surface area contributed by atoms with Gasteiger partial charge in [-0.05, 0) is 32.0 Å². The van der Waals surface area contributed by atoms with E-state index in [2.05, 4.69) is 38.6 Å². The summed E-state index contributed by atoms with van der Waals surface area (Å²) >= 11 is 0. The van der Waals surface area contributed by atoms with Gasteiger partial charge in [0.25, 0.3) is 0 Å². The summed E-state index contributed by atoms with van der Waals surface area (Å²) in [5.74, 6) is 0.418. The molecule has 128 valence electrons. The zero-order chi connectivity index (χ0) is 16.7. The SMILES string of the molecule is CNCC1CN(c2cccc3c2CCN3[C@H]2CCC(=O)NC2=O)C1. The molecule has 1 atom stereocenters. The summed E-state index contributed by atoms with van der Waals surface area (Å²) in [6.45, 7) is 4.10. The zero-order valence-corrected chi connectivity index (χ0v) is 14.0. The number of hydrogen-bond acceptors (Lipinski definition) is 5. The van der Waals surface area contributed by atoms with Crippen molar-refractivity contribution < 1.29 is 9.59 Å². The molecule has 3 aliphatic heterocycles. The fourth-order valence-electron chi connectivity index (χ4n) is 4.22. The molecule has 1 aromatic rings. The van der Waals surface area contributed by atoms with E-state index in [1.54, 1.807) is 0 Å². The van der Waals surface area contributed by atoms with E-state index < -0.39 is 0 Å². The molecule has 3 aliphatic rings. The number of hydrogen-bond donors (Lipinski definition) is 2. The lowest BCUT2D eigenvalue weighted by atomic mass is 9.97. The molecular weight excluding hydrogens is 304 g/mol. The average Bonchev–Trinajstić information content (AvgIpc) is 2.95. The fraction of sp³-hybridized carbons (Fsp3) is 0.556. The Balaban J connectivity index is 1.53. The molecule has 0 unspecified atom stereocenters. The van der Waals surface area contributed by atoms with Crippen LogP contribution in [0.15, 0.2) is 18.2 Å². The van der Waals surface area contributed by atoms with Crippen molar-refractivity contribution in [1.29, 1.82) is 0 Å². The Morgan fingerprint density at radius 3 is 2.75 bits per heavy atom. The number of amides is 2. The monoisotopic (exact) mass is 328 g/mol. The second kappa shape index (κ2) is 6.09. The highest BCUT2D eigenvalue weighted by molar-refractivity contribution is 6.02. The second-order valence-corrected chi connectivity index (χ2v) is 7.01. The van der Waals surface area contributed by atoms with Crippen LogP contribution >= 0.6 is 0 Å². The van der Waals surface area contributed by atoms with E-state index in [1.165, 1.54) is 16.9 Å². The van der Waals surface area contributed by atoms with Crippen LogP contribution in [0.1, 0.15) is 18.4 Å². The van der Waals surface area contributed by atoms with Crippen LogP contribution < -0.4 is 20.4 Å². The predicted octanol–water partition coefficient (Wildman–Crippen LogP) is 0.510. The van der Waals surface area contributed by atoms with Crippen molar-refractivity contribution in [2.45, 2.75) is 25.3 Å². The summed E-state index contributed by atoms with van der Waals surface area (Å²) in [6, 6.07) is 6.18. The van der Waals surface area contributed by atoms with Gasteiger partial charge in [0.05, 0.1) is 0 Å². The van der Waals surface area contributed by atoms with Crippen molar-refractivity contribution in [2.75, 3.05) is 43.0 Å². The Bertz CT molecular complexity index is 669. The standard InChI is InChI=1S/C18H24N4O2/c1-19-9-12-10-21(11-12)14-3-2-4-15-13(14)7-8-22(15)16-5-6-17(23)20-18(16)24/h2-4,12,16,19H,5-11H2,1H3,(H,20,23,24)/t16-/m0/s1. The number of imide groups is 1. The average molecular weight is 328 g/mol. The van der Waals surface area contributed by atoms with Gasteiger partial charge in [0.15, 0.2) is 0 Å². The van der Waals surface area contributed by atoms with E-state index in [4.69, 9.17) is 0 Å². The van der Waals surface area contributed by atoms with E-state index in [9.17, 15) is 9.59 Å². The van der Waals surface area contributed by atoms with Gasteiger partial charge in [-0.15, -0.1) is 0 Å². The zero-order valence-electron chi connectivity index (χ0n) is 14.0. The number of fused-ring (bicyclic) bond motifs is 1. The lowest BCUT2D eigenvalue weighted by Gasteiger charge is -2.42. The maximum Gasteiger partial charge on any atom is 0.249 e. The summed E-state index contributed by atoms with van der Waals surface area (Å²) in [5, 5.41) is 5.73. The number of piperidine rings is 1. The van der Waals surface area contributed by atoms with Crippen LogP contribution in [0.5, 0.6) is 0 Å². The van der Waals surface area contributed by atoms with Gasteiger partial charge < -0.3 is 15.1 Å². The molecule has 0 bridgehead atoms. The van der Waals surface area contributed by atoms with Crippen LogP contribution in [0.4, 0.5) is 11.4 Å². The Morgan fingerprint density at radius 1 is 1.21 bits per heavy atom. The molecule has 6 nitrogen and oxygen atoms in total.